The Bertz CT molecular complexity index is 1030. The van der Waals surface area contributed by atoms with Gasteiger partial charge in [0.05, 0.1) is 12.6 Å². The zero-order chi connectivity index (χ0) is 23.5. The second-order valence-corrected chi connectivity index (χ2v) is 11.6. The van der Waals surface area contributed by atoms with Gasteiger partial charge in [-0.05, 0) is 110 Å². The number of piperidine rings is 1. The van der Waals surface area contributed by atoms with Gasteiger partial charge < -0.3 is 10.1 Å². The molecule has 3 aliphatic rings. The Labute approximate surface area is 205 Å². The summed E-state index contributed by atoms with van der Waals surface area (Å²) in [6.45, 7) is 11.2. The molecule has 0 spiro atoms. The van der Waals surface area contributed by atoms with Gasteiger partial charge in [0.2, 0.25) is 0 Å². The van der Waals surface area contributed by atoms with Gasteiger partial charge in [-0.1, -0.05) is 39.0 Å². The molecule has 1 aliphatic carbocycles. The lowest BCUT2D eigenvalue weighted by atomic mass is 9.72. The number of ether oxygens (including phenoxy) is 1. The fourth-order valence-corrected chi connectivity index (χ4v) is 5.95. The minimum absolute atomic E-state index is 0.365. The van der Waals surface area contributed by atoms with Crippen molar-refractivity contribution in [2.75, 3.05) is 19.6 Å². The zero-order valence-corrected chi connectivity index (χ0v) is 21.2. The molecular weight excluding hydrogens is 418 g/mol. The third-order valence-electron chi connectivity index (χ3n) is 8.17. The third-order valence-corrected chi connectivity index (χ3v) is 8.17. The van der Waals surface area contributed by atoms with Crippen LogP contribution in [0.3, 0.4) is 0 Å². The first-order valence-corrected chi connectivity index (χ1v) is 13.3. The van der Waals surface area contributed by atoms with E-state index in [0.29, 0.717) is 17.4 Å². The Kier molecular flexibility index (Phi) is 6.96. The molecule has 0 atom stereocenters. The Morgan fingerprint density at radius 1 is 0.941 bits per heavy atom. The number of nitrogens with zero attached hydrogens (tertiary/aromatic N) is 2. The van der Waals surface area contributed by atoms with Crippen LogP contribution in [0.25, 0.3) is 10.8 Å². The SMILES string of the molecule is CC(C)(C)C1CCC(Oc2ccc3cc(CN4CCC(C5=NCC=CN5)CC4)ccc3c2)CC1. The predicted molar refractivity (Wildman–Crippen MR) is 142 cm³/mol. The van der Waals surface area contributed by atoms with E-state index >= 15 is 0 Å². The summed E-state index contributed by atoms with van der Waals surface area (Å²) in [6.07, 6.45) is 11.8. The first-order chi connectivity index (χ1) is 16.4. The van der Waals surface area contributed by atoms with Crippen LogP contribution < -0.4 is 10.1 Å². The molecule has 1 saturated heterocycles. The largest absolute Gasteiger partial charge is 0.490 e. The van der Waals surface area contributed by atoms with Crippen molar-refractivity contribution in [3.63, 3.8) is 0 Å². The summed E-state index contributed by atoms with van der Waals surface area (Å²) in [4.78, 5) is 7.23. The molecule has 0 radical (unpaired) electrons. The number of hydrogen-bond donors (Lipinski definition) is 1. The Balaban J connectivity index is 1.14. The summed E-state index contributed by atoms with van der Waals surface area (Å²) in [6, 6.07) is 13.6. The highest BCUT2D eigenvalue weighted by atomic mass is 16.5. The van der Waals surface area contributed by atoms with Gasteiger partial charge in [-0.2, -0.15) is 0 Å². The minimum atomic E-state index is 0.365. The molecule has 2 aliphatic heterocycles. The van der Waals surface area contributed by atoms with Crippen molar-refractivity contribution in [1.29, 1.82) is 0 Å². The van der Waals surface area contributed by atoms with Crippen LogP contribution in [-0.4, -0.2) is 36.5 Å². The van der Waals surface area contributed by atoms with Gasteiger partial charge in [0.1, 0.15) is 11.6 Å². The third kappa shape index (κ3) is 5.66. The molecule has 34 heavy (non-hydrogen) atoms. The molecule has 5 rings (SSSR count). The topological polar surface area (TPSA) is 36.9 Å². The number of nitrogens with one attached hydrogen (secondary N) is 1. The summed E-state index contributed by atoms with van der Waals surface area (Å²) in [7, 11) is 0. The number of rotatable bonds is 5. The molecule has 4 heteroatoms. The maximum Gasteiger partial charge on any atom is 0.120 e. The number of aliphatic imine (C=N–C) groups is 1. The van der Waals surface area contributed by atoms with Crippen LogP contribution in [0.4, 0.5) is 0 Å². The van der Waals surface area contributed by atoms with Crippen molar-refractivity contribution >= 4 is 16.6 Å². The molecule has 0 unspecified atom stereocenters. The van der Waals surface area contributed by atoms with E-state index in [1.807, 2.05) is 6.20 Å². The van der Waals surface area contributed by atoms with Crippen LogP contribution in [0.5, 0.6) is 5.75 Å². The van der Waals surface area contributed by atoms with E-state index in [1.54, 1.807) is 0 Å². The van der Waals surface area contributed by atoms with E-state index in [0.717, 1.165) is 37.8 Å². The van der Waals surface area contributed by atoms with E-state index < -0.39 is 0 Å². The van der Waals surface area contributed by atoms with Gasteiger partial charge in [0, 0.05) is 12.5 Å². The molecule has 0 aromatic heterocycles. The fraction of sp³-hybridized carbons (Fsp3) is 0.567. The number of fused-ring (bicyclic) bond motifs is 1. The molecule has 2 heterocycles. The number of hydrogen-bond acceptors (Lipinski definition) is 4. The maximum atomic E-state index is 6.41. The van der Waals surface area contributed by atoms with E-state index in [2.05, 4.69) is 78.5 Å². The molecule has 1 N–H and O–H groups in total. The summed E-state index contributed by atoms with van der Waals surface area (Å²) in [5.74, 6) is 3.62. The summed E-state index contributed by atoms with van der Waals surface area (Å²) in [5, 5.41) is 5.94. The first-order valence-electron chi connectivity index (χ1n) is 13.3. The van der Waals surface area contributed by atoms with Gasteiger partial charge in [0.25, 0.3) is 0 Å². The molecule has 182 valence electrons. The van der Waals surface area contributed by atoms with Crippen molar-refractivity contribution in [1.82, 2.24) is 10.2 Å². The van der Waals surface area contributed by atoms with Crippen LogP contribution in [0.2, 0.25) is 0 Å². The van der Waals surface area contributed by atoms with Gasteiger partial charge in [-0.3, -0.25) is 9.89 Å². The molecule has 0 amide bonds. The van der Waals surface area contributed by atoms with Crippen molar-refractivity contribution in [3.05, 3.63) is 54.2 Å². The molecule has 4 nitrogen and oxygen atoms in total. The Morgan fingerprint density at radius 2 is 1.68 bits per heavy atom. The number of amidine groups is 1. The molecule has 2 aromatic rings. The van der Waals surface area contributed by atoms with Crippen LogP contribution in [0, 0.1) is 17.3 Å². The average Bonchev–Trinajstić information content (AvgIpc) is 2.85. The van der Waals surface area contributed by atoms with Crippen molar-refractivity contribution in [2.45, 2.75) is 71.9 Å². The van der Waals surface area contributed by atoms with Crippen molar-refractivity contribution < 1.29 is 4.74 Å². The van der Waals surface area contributed by atoms with E-state index in [1.165, 1.54) is 60.7 Å². The highest BCUT2D eigenvalue weighted by molar-refractivity contribution is 5.86. The number of likely N-dealkylation sites (tertiary alicyclic amines) is 1. The summed E-state index contributed by atoms with van der Waals surface area (Å²) < 4.78 is 6.41. The smallest absolute Gasteiger partial charge is 0.120 e. The lowest BCUT2D eigenvalue weighted by molar-refractivity contribution is 0.0883. The second-order valence-electron chi connectivity index (χ2n) is 11.6. The van der Waals surface area contributed by atoms with Gasteiger partial charge in [-0.15, -0.1) is 0 Å². The Morgan fingerprint density at radius 3 is 2.38 bits per heavy atom. The van der Waals surface area contributed by atoms with Crippen molar-refractivity contribution in [2.24, 2.45) is 22.2 Å². The molecule has 1 saturated carbocycles. The molecule has 2 fully saturated rings. The summed E-state index contributed by atoms with van der Waals surface area (Å²) >= 11 is 0. The lowest BCUT2D eigenvalue weighted by Gasteiger charge is -2.37. The average molecular weight is 460 g/mol. The first kappa shape index (κ1) is 23.4. The highest BCUT2D eigenvalue weighted by Gasteiger charge is 2.30. The zero-order valence-electron chi connectivity index (χ0n) is 21.2. The van der Waals surface area contributed by atoms with Crippen molar-refractivity contribution in [3.8, 4) is 5.75 Å². The maximum absolute atomic E-state index is 6.41. The second kappa shape index (κ2) is 10.1. The van der Waals surface area contributed by atoms with Crippen LogP contribution in [0.15, 0.2) is 53.7 Å². The van der Waals surface area contributed by atoms with E-state index in [9.17, 15) is 0 Å². The lowest BCUT2D eigenvalue weighted by Crippen LogP contribution is -2.39. The quantitative estimate of drug-likeness (QED) is 0.551. The standard InChI is InChI=1S/C30H41N3O/c1-30(2,3)26-8-11-27(12-9-26)34-28-10-7-24-19-22(5-6-25(24)20-28)21-33-17-13-23(14-18-33)29-31-15-4-16-32-29/h4-7,10,15,19-20,23,26-27H,8-9,11-14,16-18,21H2,1-3H3,(H,31,32). The normalized spacial score (nSPS) is 24.6. The Hall–Kier alpha value is -2.33. The molecular formula is C30H41N3O. The highest BCUT2D eigenvalue weighted by Crippen LogP contribution is 2.39. The van der Waals surface area contributed by atoms with Crippen LogP contribution >= 0.6 is 0 Å². The predicted octanol–water partition coefficient (Wildman–Crippen LogP) is 6.55. The fourth-order valence-electron chi connectivity index (χ4n) is 5.95. The number of benzene rings is 2. The monoisotopic (exact) mass is 459 g/mol. The van der Waals surface area contributed by atoms with Gasteiger partial charge >= 0.3 is 0 Å². The van der Waals surface area contributed by atoms with Gasteiger partial charge in [0.15, 0.2) is 0 Å². The summed E-state index contributed by atoms with van der Waals surface area (Å²) in [5.41, 5.74) is 1.82. The van der Waals surface area contributed by atoms with Gasteiger partial charge in [-0.25, -0.2) is 0 Å². The van der Waals surface area contributed by atoms with Crippen LogP contribution in [0.1, 0.15) is 64.9 Å². The minimum Gasteiger partial charge on any atom is -0.490 e. The molecule has 2 aromatic carbocycles. The van der Waals surface area contributed by atoms with Crippen LogP contribution in [-0.2, 0) is 6.54 Å². The van der Waals surface area contributed by atoms with E-state index in [4.69, 9.17) is 4.74 Å². The van der Waals surface area contributed by atoms with E-state index in [-0.39, 0.29) is 0 Å². The molecule has 0 bridgehead atoms.